The molecule has 0 fully saturated rings. The number of hydrogen-bond donors (Lipinski definition) is 3. The summed E-state index contributed by atoms with van der Waals surface area (Å²) in [5, 5.41) is 15.0. The van der Waals surface area contributed by atoms with Gasteiger partial charge in [-0.2, -0.15) is 0 Å². The molecule has 7 nitrogen and oxygen atoms in total. The molecule has 0 aliphatic carbocycles. The standard InChI is InChI=1S/C16H20N2O5S/c1-4-7-23-16(22)13(18-11(3)20)9-24-15-8-12(17-10(2)19)5-6-14(15)21/h4-6,8,13,21H,1,7,9H2,2-3H3,(H,17,19)(H,18,20). The maximum atomic E-state index is 11.9. The summed E-state index contributed by atoms with van der Waals surface area (Å²) in [5.74, 6) is -1.02. The van der Waals surface area contributed by atoms with E-state index in [-0.39, 0.29) is 29.9 Å². The predicted molar refractivity (Wildman–Crippen MR) is 91.9 cm³/mol. The third kappa shape index (κ3) is 6.74. The van der Waals surface area contributed by atoms with Gasteiger partial charge in [0.15, 0.2) is 0 Å². The Balaban J connectivity index is 2.81. The van der Waals surface area contributed by atoms with Crippen LogP contribution in [0.25, 0.3) is 0 Å². The third-order valence-corrected chi connectivity index (χ3v) is 3.83. The van der Waals surface area contributed by atoms with Gasteiger partial charge in [-0.15, -0.1) is 11.8 Å². The second kappa shape index (κ2) is 9.61. The Morgan fingerprint density at radius 1 is 1.33 bits per heavy atom. The van der Waals surface area contributed by atoms with Crippen LogP contribution in [-0.2, 0) is 19.1 Å². The van der Waals surface area contributed by atoms with Crippen molar-refractivity contribution >= 4 is 35.2 Å². The van der Waals surface area contributed by atoms with Gasteiger partial charge in [0.2, 0.25) is 11.8 Å². The molecular weight excluding hydrogens is 332 g/mol. The number of benzene rings is 1. The van der Waals surface area contributed by atoms with Crippen LogP contribution in [0.2, 0.25) is 0 Å². The van der Waals surface area contributed by atoms with Gasteiger partial charge in [-0.3, -0.25) is 9.59 Å². The van der Waals surface area contributed by atoms with Gasteiger partial charge >= 0.3 is 5.97 Å². The smallest absolute Gasteiger partial charge is 0.329 e. The second-order valence-electron chi connectivity index (χ2n) is 4.85. The van der Waals surface area contributed by atoms with Gasteiger partial charge in [-0.25, -0.2) is 4.79 Å². The quantitative estimate of drug-likeness (QED) is 0.285. The van der Waals surface area contributed by atoms with Crippen LogP contribution in [0.3, 0.4) is 0 Å². The van der Waals surface area contributed by atoms with Crippen LogP contribution < -0.4 is 10.6 Å². The summed E-state index contributed by atoms with van der Waals surface area (Å²) < 4.78 is 4.94. The minimum Gasteiger partial charge on any atom is -0.507 e. The highest BCUT2D eigenvalue weighted by atomic mass is 32.2. The number of esters is 1. The van der Waals surface area contributed by atoms with E-state index in [0.29, 0.717) is 10.6 Å². The minimum absolute atomic E-state index is 0.00939. The maximum Gasteiger partial charge on any atom is 0.329 e. The fraction of sp³-hybridized carbons (Fsp3) is 0.312. The van der Waals surface area contributed by atoms with E-state index < -0.39 is 12.0 Å². The van der Waals surface area contributed by atoms with Crippen molar-refractivity contribution in [3.8, 4) is 5.75 Å². The molecular formula is C16H20N2O5S. The highest BCUT2D eigenvalue weighted by Gasteiger charge is 2.21. The van der Waals surface area contributed by atoms with E-state index in [2.05, 4.69) is 17.2 Å². The first-order chi connectivity index (χ1) is 11.3. The number of carbonyl (C=O) groups is 3. The van der Waals surface area contributed by atoms with E-state index in [1.54, 1.807) is 12.1 Å². The van der Waals surface area contributed by atoms with Crippen molar-refractivity contribution in [2.45, 2.75) is 24.8 Å². The van der Waals surface area contributed by atoms with Crippen LogP contribution in [0, 0.1) is 0 Å². The highest BCUT2D eigenvalue weighted by molar-refractivity contribution is 7.99. The molecule has 0 heterocycles. The van der Waals surface area contributed by atoms with E-state index in [1.807, 2.05) is 0 Å². The lowest BCUT2D eigenvalue weighted by Gasteiger charge is -2.16. The molecule has 1 atom stereocenters. The minimum atomic E-state index is -0.865. The van der Waals surface area contributed by atoms with Crippen molar-refractivity contribution < 1.29 is 24.2 Å². The Hall–Kier alpha value is -2.48. The number of amides is 2. The first kappa shape index (κ1) is 19.6. The fourth-order valence-corrected chi connectivity index (χ4v) is 2.73. The Morgan fingerprint density at radius 3 is 2.62 bits per heavy atom. The van der Waals surface area contributed by atoms with E-state index in [4.69, 9.17) is 4.74 Å². The molecule has 0 spiro atoms. The molecule has 1 aromatic carbocycles. The number of thioether (sulfide) groups is 1. The number of phenols is 1. The number of hydrogen-bond acceptors (Lipinski definition) is 6. The monoisotopic (exact) mass is 352 g/mol. The Labute approximate surface area is 144 Å². The molecule has 0 bridgehead atoms. The van der Waals surface area contributed by atoms with Crippen LogP contribution in [0.5, 0.6) is 5.75 Å². The highest BCUT2D eigenvalue weighted by Crippen LogP contribution is 2.31. The van der Waals surface area contributed by atoms with Crippen LogP contribution in [0.1, 0.15) is 13.8 Å². The van der Waals surface area contributed by atoms with E-state index in [1.165, 1.54) is 26.0 Å². The summed E-state index contributed by atoms with van der Waals surface area (Å²) in [5.41, 5.74) is 0.521. The first-order valence-electron chi connectivity index (χ1n) is 7.11. The van der Waals surface area contributed by atoms with Crippen molar-refractivity contribution in [3.05, 3.63) is 30.9 Å². The average molecular weight is 352 g/mol. The van der Waals surface area contributed by atoms with Crippen LogP contribution >= 0.6 is 11.8 Å². The van der Waals surface area contributed by atoms with E-state index in [0.717, 1.165) is 11.8 Å². The lowest BCUT2D eigenvalue weighted by Crippen LogP contribution is -2.42. The Kier molecular flexibility index (Phi) is 7.84. The summed E-state index contributed by atoms with van der Waals surface area (Å²) >= 11 is 1.16. The number of aromatic hydroxyl groups is 1. The molecule has 3 N–H and O–H groups in total. The number of ether oxygens (including phenoxy) is 1. The number of phenolic OH excluding ortho intramolecular Hbond substituents is 1. The number of rotatable bonds is 8. The van der Waals surface area contributed by atoms with Crippen molar-refractivity contribution in [2.24, 2.45) is 0 Å². The zero-order valence-corrected chi connectivity index (χ0v) is 14.3. The molecule has 24 heavy (non-hydrogen) atoms. The maximum absolute atomic E-state index is 11.9. The summed E-state index contributed by atoms with van der Waals surface area (Å²) in [6.45, 7) is 6.17. The molecule has 1 aromatic rings. The molecule has 8 heteroatoms. The molecule has 0 aliphatic heterocycles. The lowest BCUT2D eigenvalue weighted by atomic mass is 10.3. The Morgan fingerprint density at radius 2 is 2.04 bits per heavy atom. The second-order valence-corrected chi connectivity index (χ2v) is 5.91. The van der Waals surface area contributed by atoms with Gasteiger partial charge in [-0.1, -0.05) is 12.7 Å². The summed E-state index contributed by atoms with van der Waals surface area (Å²) in [6.07, 6.45) is 1.43. The van der Waals surface area contributed by atoms with Crippen LogP contribution in [0.15, 0.2) is 35.7 Å². The molecule has 130 valence electrons. The van der Waals surface area contributed by atoms with Crippen LogP contribution in [-0.4, -0.2) is 41.3 Å². The van der Waals surface area contributed by atoms with Crippen molar-refractivity contribution in [1.82, 2.24) is 5.32 Å². The predicted octanol–water partition coefficient (Wildman–Crippen LogP) is 1.68. The summed E-state index contributed by atoms with van der Waals surface area (Å²) in [6, 6.07) is 3.72. The molecule has 2 amide bonds. The molecule has 0 aromatic heterocycles. The molecule has 1 unspecified atom stereocenters. The van der Waals surface area contributed by atoms with Gasteiger partial charge in [0, 0.05) is 25.3 Å². The fourth-order valence-electron chi connectivity index (χ4n) is 1.74. The van der Waals surface area contributed by atoms with Gasteiger partial charge in [0.25, 0.3) is 0 Å². The normalized spacial score (nSPS) is 11.2. The summed E-state index contributed by atoms with van der Waals surface area (Å²) in [4.78, 5) is 34.7. The lowest BCUT2D eigenvalue weighted by molar-refractivity contribution is -0.145. The van der Waals surface area contributed by atoms with E-state index >= 15 is 0 Å². The molecule has 0 saturated carbocycles. The van der Waals surface area contributed by atoms with Gasteiger partial charge in [0.05, 0.1) is 4.90 Å². The Bertz CT molecular complexity index is 633. The SMILES string of the molecule is C=CCOC(=O)C(CSc1cc(NC(C)=O)ccc1O)NC(C)=O. The topological polar surface area (TPSA) is 105 Å². The van der Waals surface area contributed by atoms with Crippen LogP contribution in [0.4, 0.5) is 5.69 Å². The molecule has 0 saturated heterocycles. The number of nitrogens with one attached hydrogen (secondary N) is 2. The third-order valence-electron chi connectivity index (χ3n) is 2.69. The van der Waals surface area contributed by atoms with Gasteiger partial charge in [-0.05, 0) is 18.2 Å². The largest absolute Gasteiger partial charge is 0.507 e. The van der Waals surface area contributed by atoms with Crippen molar-refractivity contribution in [2.75, 3.05) is 17.7 Å². The average Bonchev–Trinajstić information content (AvgIpc) is 2.50. The van der Waals surface area contributed by atoms with Crippen molar-refractivity contribution in [1.29, 1.82) is 0 Å². The zero-order chi connectivity index (χ0) is 18.1. The van der Waals surface area contributed by atoms with Crippen molar-refractivity contribution in [3.63, 3.8) is 0 Å². The number of carbonyl (C=O) groups excluding carboxylic acids is 3. The summed E-state index contributed by atoms with van der Waals surface area (Å²) in [7, 11) is 0. The number of anilines is 1. The molecule has 0 aliphatic rings. The molecule has 0 radical (unpaired) electrons. The van der Waals surface area contributed by atoms with Gasteiger partial charge < -0.3 is 20.5 Å². The zero-order valence-electron chi connectivity index (χ0n) is 13.5. The van der Waals surface area contributed by atoms with E-state index in [9.17, 15) is 19.5 Å². The molecule has 1 rings (SSSR count). The van der Waals surface area contributed by atoms with Gasteiger partial charge in [0.1, 0.15) is 18.4 Å². The first-order valence-corrected chi connectivity index (χ1v) is 8.10.